The zero-order valence-electron chi connectivity index (χ0n) is 49.1. The van der Waals surface area contributed by atoms with Gasteiger partial charge in [-0.2, -0.15) is 0 Å². The molecule has 0 aliphatic carbocycles. The second-order valence-corrected chi connectivity index (χ2v) is 22.5. The van der Waals surface area contributed by atoms with E-state index in [2.05, 4.69) is 21.3 Å². The number of carbonyl (C=O) groups excluding carboxylic acids is 11. The average molecular weight is 1080 g/mol. The lowest BCUT2D eigenvalue weighted by atomic mass is 9.92. The summed E-state index contributed by atoms with van der Waals surface area (Å²) in [6.07, 6.45) is 0.733. The molecule has 1 saturated heterocycles. The second-order valence-electron chi connectivity index (χ2n) is 22.5. The first kappa shape index (κ1) is 68.1. The van der Waals surface area contributed by atoms with E-state index in [1.807, 2.05) is 48.5 Å². The minimum absolute atomic E-state index is 0.102. The molecule has 1 aliphatic heterocycles. The quantitative estimate of drug-likeness (QED) is 0.176. The molecule has 9 atom stereocenters. The molecule has 23 heteroatoms. The van der Waals surface area contributed by atoms with E-state index in [0.29, 0.717) is 19.3 Å². The summed E-state index contributed by atoms with van der Waals surface area (Å²) in [5, 5.41) is 22.0. The number of rotatable bonds is 12. The molecular formula is C53H95N11O12. The Morgan fingerprint density at radius 1 is 0.500 bits per heavy atom. The van der Waals surface area contributed by atoms with E-state index < -0.39 is 151 Å². The Morgan fingerprint density at radius 3 is 1.54 bits per heavy atom. The van der Waals surface area contributed by atoms with Crippen LogP contribution in [-0.2, 0) is 52.7 Å². The van der Waals surface area contributed by atoms with Gasteiger partial charge in [-0.05, 0) is 75.5 Å². The predicted octanol–water partition coefficient (Wildman–Crippen LogP) is 0.275. The van der Waals surface area contributed by atoms with E-state index in [4.69, 9.17) is 0 Å². The summed E-state index contributed by atoms with van der Waals surface area (Å²) < 4.78 is 0. The maximum Gasteiger partial charge on any atom is 0.245 e. The molecule has 0 saturated carbocycles. The molecule has 0 aromatic rings. The zero-order chi connectivity index (χ0) is 58.8. The van der Waals surface area contributed by atoms with E-state index in [0.717, 1.165) is 19.6 Å². The number of likely N-dealkylation sites (N-methyl/N-ethyl adjacent to an activating group) is 7. The van der Waals surface area contributed by atoms with Crippen LogP contribution in [0, 0.1) is 29.6 Å². The monoisotopic (exact) mass is 1080 g/mol. The minimum Gasteiger partial charge on any atom is -0.390 e. The molecule has 0 aromatic heterocycles. The average Bonchev–Trinajstić information content (AvgIpc) is 3.33. The van der Waals surface area contributed by atoms with Crippen molar-refractivity contribution in [2.45, 2.75) is 170 Å². The summed E-state index contributed by atoms with van der Waals surface area (Å²) >= 11 is 0. The molecule has 1 unspecified atom stereocenters. The highest BCUT2D eigenvalue weighted by atomic mass is 16.3. The first-order valence-corrected chi connectivity index (χ1v) is 26.8. The molecule has 1 aliphatic rings. The van der Waals surface area contributed by atoms with E-state index >= 15 is 0 Å². The third-order valence-electron chi connectivity index (χ3n) is 13.9. The highest BCUT2D eigenvalue weighted by molar-refractivity contribution is 5.98. The van der Waals surface area contributed by atoms with Crippen molar-refractivity contribution in [3.63, 3.8) is 0 Å². The van der Waals surface area contributed by atoms with Crippen molar-refractivity contribution in [1.82, 2.24) is 55.6 Å². The number of nitrogens with zero attached hydrogens (tertiary/aromatic N) is 7. The molecule has 434 valence electrons. The predicted molar refractivity (Wildman–Crippen MR) is 287 cm³/mol. The summed E-state index contributed by atoms with van der Waals surface area (Å²) in [6, 6.07) is -8.39. The van der Waals surface area contributed by atoms with Crippen molar-refractivity contribution in [3.05, 3.63) is 0 Å². The van der Waals surface area contributed by atoms with Gasteiger partial charge in [0.15, 0.2) is 0 Å². The topological polar surface area (TPSA) is 279 Å². The van der Waals surface area contributed by atoms with Gasteiger partial charge in [0.25, 0.3) is 0 Å². The van der Waals surface area contributed by atoms with Gasteiger partial charge < -0.3 is 60.7 Å². The Hall–Kier alpha value is -5.87. The van der Waals surface area contributed by atoms with Crippen LogP contribution in [0.25, 0.3) is 0 Å². The molecular weight excluding hydrogens is 983 g/mol. The number of carbonyl (C=O) groups is 11. The smallest absolute Gasteiger partial charge is 0.245 e. The molecule has 1 fully saturated rings. The number of amides is 11. The van der Waals surface area contributed by atoms with Gasteiger partial charge in [-0.3, -0.25) is 52.7 Å². The fraction of sp³-hybridized carbons (Fsp3) is 0.792. The van der Waals surface area contributed by atoms with Gasteiger partial charge in [0, 0.05) is 49.3 Å². The van der Waals surface area contributed by atoms with Crippen LogP contribution >= 0.6 is 0 Å². The molecule has 11 amide bonds. The van der Waals surface area contributed by atoms with Crippen LogP contribution in [0.5, 0.6) is 0 Å². The summed E-state index contributed by atoms with van der Waals surface area (Å²) in [7, 11) is 9.65. The van der Waals surface area contributed by atoms with Gasteiger partial charge in [-0.1, -0.05) is 75.7 Å². The highest BCUT2D eigenvalue weighted by Gasteiger charge is 2.41. The van der Waals surface area contributed by atoms with E-state index in [1.165, 1.54) is 77.9 Å². The van der Waals surface area contributed by atoms with Crippen LogP contribution in [0.15, 0.2) is 0 Å². The molecule has 0 aromatic carbocycles. The van der Waals surface area contributed by atoms with Crippen LogP contribution in [0.1, 0.15) is 122 Å². The van der Waals surface area contributed by atoms with Crippen molar-refractivity contribution in [2.24, 2.45) is 29.6 Å². The van der Waals surface area contributed by atoms with Crippen molar-refractivity contribution in [3.8, 4) is 0 Å². The van der Waals surface area contributed by atoms with Gasteiger partial charge in [0.2, 0.25) is 65.0 Å². The second kappa shape index (κ2) is 31.4. The molecule has 0 radical (unpaired) electrons. The molecule has 1 rings (SSSR count). The summed E-state index contributed by atoms with van der Waals surface area (Å²) in [6.45, 7) is 18.9. The normalized spacial score (nSPS) is 25.4. The van der Waals surface area contributed by atoms with Gasteiger partial charge in [-0.25, -0.2) is 0 Å². The minimum atomic E-state index is -1.53. The maximum absolute atomic E-state index is 14.6. The van der Waals surface area contributed by atoms with Crippen molar-refractivity contribution in [1.29, 1.82) is 0 Å². The van der Waals surface area contributed by atoms with Gasteiger partial charge >= 0.3 is 0 Å². The van der Waals surface area contributed by atoms with Gasteiger partial charge in [-0.15, -0.1) is 0 Å². The molecule has 0 spiro atoms. The zero-order valence-corrected chi connectivity index (χ0v) is 49.1. The lowest BCUT2D eigenvalue weighted by Gasteiger charge is -2.38. The van der Waals surface area contributed by atoms with Crippen molar-refractivity contribution in [2.75, 3.05) is 75.5 Å². The Bertz CT molecular complexity index is 2030. The Morgan fingerprint density at radius 2 is 1.01 bits per heavy atom. The van der Waals surface area contributed by atoms with Crippen molar-refractivity contribution < 1.29 is 57.8 Å². The van der Waals surface area contributed by atoms with Gasteiger partial charge in [0.1, 0.15) is 42.3 Å². The van der Waals surface area contributed by atoms with Crippen LogP contribution in [0.2, 0.25) is 0 Å². The Kier molecular flexibility index (Phi) is 28.1. The Balaban J connectivity index is 3.94. The lowest BCUT2D eigenvalue weighted by Crippen LogP contribution is -2.59. The molecule has 23 nitrogen and oxygen atoms in total. The SMILES string of the molecule is CCC[C@H](C)[C@H](O)C1C(=O)NCC(=O)N(C)CC(=O)N(C)[C@H](CC(C)C)C(=O)N[C@H](C(C)C)C(=O)N(C)CC(=O)N[C@H](C)C(=O)N[C@H](C)C(=O)N(C)[C@H](CC(C)C)C(=O)N(C)[C@H](CCC(C)C)C(=O)N(C)CC(=O)N1C. The van der Waals surface area contributed by atoms with E-state index in [9.17, 15) is 57.8 Å². The summed E-state index contributed by atoms with van der Waals surface area (Å²) in [5.41, 5.74) is 0. The highest BCUT2D eigenvalue weighted by Crippen LogP contribution is 2.22. The van der Waals surface area contributed by atoms with E-state index in [-0.39, 0.29) is 37.0 Å². The van der Waals surface area contributed by atoms with Crippen LogP contribution in [0.3, 0.4) is 0 Å². The molecule has 5 N–H and O–H groups in total. The van der Waals surface area contributed by atoms with E-state index in [1.54, 1.807) is 20.8 Å². The molecule has 76 heavy (non-hydrogen) atoms. The third-order valence-corrected chi connectivity index (χ3v) is 13.9. The number of aliphatic hydroxyl groups excluding tert-OH is 1. The summed E-state index contributed by atoms with van der Waals surface area (Å²) in [4.78, 5) is 161. The molecule has 1 heterocycles. The fourth-order valence-corrected chi connectivity index (χ4v) is 8.90. The fourth-order valence-electron chi connectivity index (χ4n) is 8.90. The summed E-state index contributed by atoms with van der Waals surface area (Å²) in [5.74, 6) is -8.65. The number of hydrogen-bond acceptors (Lipinski definition) is 12. The van der Waals surface area contributed by atoms with Gasteiger partial charge in [0.05, 0.1) is 32.3 Å². The largest absolute Gasteiger partial charge is 0.390 e. The first-order chi connectivity index (χ1) is 35.1. The first-order valence-electron chi connectivity index (χ1n) is 26.8. The van der Waals surface area contributed by atoms with Crippen LogP contribution in [-0.4, -0.2) is 228 Å². The van der Waals surface area contributed by atoms with Crippen LogP contribution in [0.4, 0.5) is 0 Å². The van der Waals surface area contributed by atoms with Crippen LogP contribution < -0.4 is 21.3 Å². The molecule has 0 bridgehead atoms. The number of nitrogens with one attached hydrogen (secondary N) is 4. The number of aliphatic hydroxyl groups is 1. The van der Waals surface area contributed by atoms with Crippen molar-refractivity contribution >= 4 is 65.0 Å². The Labute approximate surface area is 452 Å². The standard InChI is InChI=1S/C53H95N11O12/c1-20-21-34(10)46(69)45-49(72)54-26-41(66)58(13)28-42(67)61(16)38(24-31(4)5)48(71)57-44(33(8)9)53(76)59(14)27-40(65)55-35(11)47(70)56-36(12)50(73)63(18)39(25-32(6)7)52(75)62(17)37(23-22-30(2)3)51(74)60(15)29-43(68)64(45)19/h30-39,44-46,69H,20-29H2,1-19H3,(H,54,72)(H,55,65)(H,56,70)(H,57,71)/t34-,35+,36+,37+,38+,39+,44+,45?,46-/m0/s1. The maximum atomic E-state index is 14.6. The number of hydrogen-bond donors (Lipinski definition) is 5. The third kappa shape index (κ3) is 20.3. The lowest BCUT2D eigenvalue weighted by molar-refractivity contribution is -0.153.